The second-order valence-corrected chi connectivity index (χ2v) is 4.31. The lowest BCUT2D eigenvalue weighted by Crippen LogP contribution is -2.11. The van der Waals surface area contributed by atoms with E-state index in [0.29, 0.717) is 28.6 Å². The number of aryl methyl sites for hydroxylation is 1. The Hall–Kier alpha value is -2.57. The van der Waals surface area contributed by atoms with Crippen molar-refractivity contribution in [1.82, 2.24) is 14.8 Å². The molecule has 0 radical (unpaired) electrons. The van der Waals surface area contributed by atoms with Gasteiger partial charge in [-0.1, -0.05) is 0 Å². The molecule has 7 heteroatoms. The van der Waals surface area contributed by atoms with Crippen LogP contribution in [0.5, 0.6) is 17.2 Å². The van der Waals surface area contributed by atoms with Crippen LogP contribution in [0, 0.1) is 0 Å². The number of methoxy groups -OCH3 is 3. The Kier molecular flexibility index (Phi) is 4.42. The summed E-state index contributed by atoms with van der Waals surface area (Å²) in [5.74, 6) is 1.85. The van der Waals surface area contributed by atoms with E-state index in [-0.39, 0.29) is 12.2 Å². The maximum atomic E-state index is 12.5. The second-order valence-electron chi connectivity index (χ2n) is 4.31. The largest absolute Gasteiger partial charge is 0.496 e. The summed E-state index contributed by atoms with van der Waals surface area (Å²) in [7, 11) is 6.28. The van der Waals surface area contributed by atoms with E-state index in [1.807, 2.05) is 0 Å². The molecular weight excluding hydrogens is 274 g/mol. The fraction of sp³-hybridized carbons (Fsp3) is 0.357. The second kappa shape index (κ2) is 6.25. The first-order chi connectivity index (χ1) is 10.1. The van der Waals surface area contributed by atoms with Crippen molar-refractivity contribution >= 4 is 5.78 Å². The van der Waals surface area contributed by atoms with Gasteiger partial charge in [0.05, 0.1) is 33.3 Å². The molecule has 7 nitrogen and oxygen atoms in total. The third-order valence-corrected chi connectivity index (χ3v) is 3.13. The monoisotopic (exact) mass is 291 g/mol. The van der Waals surface area contributed by atoms with Gasteiger partial charge in [0.25, 0.3) is 0 Å². The van der Waals surface area contributed by atoms with Crippen LogP contribution in [0.2, 0.25) is 0 Å². The molecule has 0 N–H and O–H groups in total. The third kappa shape index (κ3) is 2.96. The number of hydrogen-bond acceptors (Lipinski definition) is 6. The Morgan fingerprint density at radius 2 is 1.71 bits per heavy atom. The molecule has 2 aromatic rings. The fourth-order valence-electron chi connectivity index (χ4n) is 1.97. The van der Waals surface area contributed by atoms with Crippen molar-refractivity contribution in [2.75, 3.05) is 21.3 Å². The number of ether oxygens (including phenoxy) is 3. The quantitative estimate of drug-likeness (QED) is 0.746. The standard InChI is InChI=1S/C14H17N3O4/c1-17-14(15-8-16-17)6-10(18)9-5-12(20-3)13(21-4)7-11(9)19-2/h5,7-8H,6H2,1-4H3. The van der Waals surface area contributed by atoms with Crippen molar-refractivity contribution < 1.29 is 19.0 Å². The SMILES string of the molecule is COc1cc(OC)c(C(=O)Cc2ncnn2C)cc1OC. The van der Waals surface area contributed by atoms with Gasteiger partial charge >= 0.3 is 0 Å². The van der Waals surface area contributed by atoms with Crippen LogP contribution in [0.15, 0.2) is 18.5 Å². The average molecular weight is 291 g/mol. The molecular formula is C14H17N3O4. The van der Waals surface area contributed by atoms with Gasteiger partial charge in [0.2, 0.25) is 0 Å². The Morgan fingerprint density at radius 1 is 1.10 bits per heavy atom. The number of carbonyl (C=O) groups excluding carboxylic acids is 1. The van der Waals surface area contributed by atoms with Crippen LogP contribution in [0.3, 0.4) is 0 Å². The summed E-state index contributed by atoms with van der Waals surface area (Å²) in [6.45, 7) is 0. The van der Waals surface area contributed by atoms with Crippen molar-refractivity contribution in [3.05, 3.63) is 29.8 Å². The van der Waals surface area contributed by atoms with Gasteiger partial charge in [-0.25, -0.2) is 4.98 Å². The van der Waals surface area contributed by atoms with Crippen LogP contribution < -0.4 is 14.2 Å². The van der Waals surface area contributed by atoms with Crippen LogP contribution >= 0.6 is 0 Å². The van der Waals surface area contributed by atoms with Gasteiger partial charge in [0, 0.05) is 13.1 Å². The van der Waals surface area contributed by atoms with Gasteiger partial charge in [-0.05, 0) is 6.07 Å². The first-order valence-corrected chi connectivity index (χ1v) is 6.26. The van der Waals surface area contributed by atoms with Gasteiger partial charge in [-0.2, -0.15) is 5.10 Å². The molecule has 0 saturated heterocycles. The molecule has 0 aliphatic heterocycles. The smallest absolute Gasteiger partial charge is 0.174 e. The zero-order chi connectivity index (χ0) is 15.4. The number of rotatable bonds is 6. The summed E-state index contributed by atoms with van der Waals surface area (Å²) in [6, 6.07) is 3.24. The van der Waals surface area contributed by atoms with E-state index in [9.17, 15) is 4.79 Å². The van der Waals surface area contributed by atoms with Crippen molar-refractivity contribution in [2.45, 2.75) is 6.42 Å². The van der Waals surface area contributed by atoms with E-state index in [4.69, 9.17) is 14.2 Å². The lowest BCUT2D eigenvalue weighted by Gasteiger charge is -2.13. The maximum Gasteiger partial charge on any atom is 0.174 e. The minimum absolute atomic E-state index is 0.127. The van der Waals surface area contributed by atoms with E-state index in [1.165, 1.54) is 27.7 Å². The molecule has 112 valence electrons. The molecule has 21 heavy (non-hydrogen) atoms. The van der Waals surface area contributed by atoms with E-state index < -0.39 is 0 Å². The third-order valence-electron chi connectivity index (χ3n) is 3.13. The van der Waals surface area contributed by atoms with Gasteiger partial charge in [0.1, 0.15) is 17.9 Å². The highest BCUT2D eigenvalue weighted by molar-refractivity contribution is 6.00. The number of benzene rings is 1. The number of aromatic nitrogens is 3. The molecule has 1 aromatic carbocycles. The van der Waals surface area contributed by atoms with E-state index in [1.54, 1.807) is 23.9 Å². The van der Waals surface area contributed by atoms with Crippen molar-refractivity contribution in [2.24, 2.45) is 7.05 Å². The fourth-order valence-corrected chi connectivity index (χ4v) is 1.97. The average Bonchev–Trinajstić information content (AvgIpc) is 2.90. The van der Waals surface area contributed by atoms with Crippen LogP contribution in [0.1, 0.15) is 16.2 Å². The number of carbonyl (C=O) groups is 1. The predicted octanol–water partition coefficient (Wildman–Crippen LogP) is 1.27. The van der Waals surface area contributed by atoms with E-state index in [2.05, 4.69) is 10.1 Å². The molecule has 0 spiro atoms. The highest BCUT2D eigenvalue weighted by Gasteiger charge is 2.19. The highest BCUT2D eigenvalue weighted by Crippen LogP contribution is 2.35. The van der Waals surface area contributed by atoms with Crippen molar-refractivity contribution in [3.63, 3.8) is 0 Å². The summed E-state index contributed by atoms with van der Waals surface area (Å²) < 4.78 is 17.2. The molecule has 0 saturated carbocycles. The van der Waals surface area contributed by atoms with Crippen molar-refractivity contribution in [1.29, 1.82) is 0 Å². The molecule has 1 heterocycles. The van der Waals surface area contributed by atoms with Gasteiger partial charge in [-0.3, -0.25) is 9.48 Å². The Bertz CT molecular complexity index is 652. The molecule has 0 amide bonds. The number of hydrogen-bond donors (Lipinski definition) is 0. The summed E-state index contributed by atoms with van der Waals surface area (Å²) >= 11 is 0. The number of Topliss-reactive ketones (excluding diaryl/α,β-unsaturated/α-hetero) is 1. The lowest BCUT2D eigenvalue weighted by atomic mass is 10.1. The van der Waals surface area contributed by atoms with E-state index >= 15 is 0 Å². The first kappa shape index (κ1) is 14.8. The Balaban J connectivity index is 2.37. The van der Waals surface area contributed by atoms with Crippen LogP contribution in [-0.4, -0.2) is 41.9 Å². The molecule has 0 atom stereocenters. The lowest BCUT2D eigenvalue weighted by molar-refractivity contribution is 0.0986. The number of ketones is 1. The molecule has 0 unspecified atom stereocenters. The van der Waals surface area contributed by atoms with Crippen LogP contribution in [0.25, 0.3) is 0 Å². The zero-order valence-electron chi connectivity index (χ0n) is 12.4. The van der Waals surface area contributed by atoms with Crippen LogP contribution in [0.4, 0.5) is 0 Å². The topological polar surface area (TPSA) is 75.5 Å². The Labute approximate surface area is 122 Å². The summed E-state index contributed by atoms with van der Waals surface area (Å²) in [5, 5.41) is 3.94. The molecule has 0 aliphatic rings. The zero-order valence-corrected chi connectivity index (χ0v) is 12.4. The van der Waals surface area contributed by atoms with E-state index in [0.717, 1.165) is 0 Å². The van der Waals surface area contributed by atoms with Gasteiger partial charge in [0.15, 0.2) is 17.3 Å². The molecule has 0 fully saturated rings. The van der Waals surface area contributed by atoms with Crippen molar-refractivity contribution in [3.8, 4) is 17.2 Å². The molecule has 2 rings (SSSR count). The summed E-state index contributed by atoms with van der Waals surface area (Å²) in [4.78, 5) is 16.5. The summed E-state index contributed by atoms with van der Waals surface area (Å²) in [5.41, 5.74) is 0.415. The number of nitrogens with zero attached hydrogens (tertiary/aromatic N) is 3. The molecule has 1 aromatic heterocycles. The maximum absolute atomic E-state index is 12.5. The molecule has 0 aliphatic carbocycles. The normalized spacial score (nSPS) is 10.3. The predicted molar refractivity (Wildman–Crippen MR) is 75.1 cm³/mol. The Morgan fingerprint density at radius 3 is 2.24 bits per heavy atom. The minimum Gasteiger partial charge on any atom is -0.496 e. The molecule has 0 bridgehead atoms. The highest BCUT2D eigenvalue weighted by atomic mass is 16.5. The van der Waals surface area contributed by atoms with Gasteiger partial charge in [-0.15, -0.1) is 0 Å². The van der Waals surface area contributed by atoms with Crippen LogP contribution in [-0.2, 0) is 13.5 Å². The summed E-state index contributed by atoms with van der Waals surface area (Å²) in [6.07, 6.45) is 1.54. The first-order valence-electron chi connectivity index (χ1n) is 6.26. The van der Waals surface area contributed by atoms with Gasteiger partial charge < -0.3 is 14.2 Å². The minimum atomic E-state index is -0.135.